The zero-order valence-electron chi connectivity index (χ0n) is 19.0. The highest BCUT2D eigenvalue weighted by Crippen LogP contribution is 2.37. The van der Waals surface area contributed by atoms with Gasteiger partial charge >= 0.3 is 0 Å². The number of amides is 1. The van der Waals surface area contributed by atoms with Crippen molar-refractivity contribution < 1.29 is 10.0 Å². The zero-order chi connectivity index (χ0) is 24.4. The molecule has 0 spiro atoms. The standard InChI is InChI=1S/C27H26Cl2N4O2/c28-20-4-6-23-19(14-31-25(23)13-20)9-10-33(16-22-12-21(29)15-30-22)26-7-3-18-11-17(1-5-24(18)26)2-8-27(34)32-35/h1-2,4-6,8,11-15,26,30-31,35H,3,7,9-10,16H2,(H,32,34). The molecule has 1 aliphatic carbocycles. The van der Waals surface area contributed by atoms with Crippen LogP contribution < -0.4 is 5.48 Å². The van der Waals surface area contributed by atoms with Gasteiger partial charge in [-0.1, -0.05) is 47.5 Å². The summed E-state index contributed by atoms with van der Waals surface area (Å²) in [5.74, 6) is -0.543. The van der Waals surface area contributed by atoms with E-state index < -0.39 is 5.91 Å². The number of hydroxylamine groups is 1. The summed E-state index contributed by atoms with van der Waals surface area (Å²) in [6, 6.07) is 14.5. The average molecular weight is 509 g/mol. The topological polar surface area (TPSA) is 84.2 Å². The molecule has 5 rings (SSSR count). The van der Waals surface area contributed by atoms with Crippen LogP contribution in [0.3, 0.4) is 0 Å². The summed E-state index contributed by atoms with van der Waals surface area (Å²) in [6.07, 6.45) is 9.83. The second kappa shape index (κ2) is 10.3. The first-order valence-electron chi connectivity index (χ1n) is 11.6. The molecule has 0 saturated carbocycles. The largest absolute Gasteiger partial charge is 0.363 e. The number of fused-ring (bicyclic) bond motifs is 2. The lowest BCUT2D eigenvalue weighted by atomic mass is 10.0. The number of aromatic nitrogens is 2. The highest BCUT2D eigenvalue weighted by Gasteiger charge is 2.28. The third-order valence-corrected chi connectivity index (χ3v) is 7.12. The lowest BCUT2D eigenvalue weighted by molar-refractivity contribution is -0.124. The summed E-state index contributed by atoms with van der Waals surface area (Å²) < 4.78 is 0. The summed E-state index contributed by atoms with van der Waals surface area (Å²) in [5, 5.41) is 11.3. The van der Waals surface area contributed by atoms with Gasteiger partial charge in [-0.15, -0.1) is 0 Å². The van der Waals surface area contributed by atoms with Gasteiger partial charge in [0.05, 0.1) is 5.02 Å². The molecule has 2 aromatic heterocycles. The molecular weight excluding hydrogens is 483 g/mol. The van der Waals surface area contributed by atoms with Gasteiger partial charge in [-0.05, 0) is 65.8 Å². The van der Waals surface area contributed by atoms with Crippen LogP contribution in [0, 0.1) is 0 Å². The lowest BCUT2D eigenvalue weighted by Crippen LogP contribution is -2.29. The Kier molecular flexibility index (Phi) is 6.97. The van der Waals surface area contributed by atoms with Crippen molar-refractivity contribution in [3.05, 3.63) is 98.9 Å². The summed E-state index contributed by atoms with van der Waals surface area (Å²) in [5.41, 5.74) is 8.57. The molecule has 1 amide bonds. The van der Waals surface area contributed by atoms with Gasteiger partial charge in [0, 0.05) is 59.2 Å². The van der Waals surface area contributed by atoms with Crippen LogP contribution in [0.2, 0.25) is 10.0 Å². The molecule has 0 bridgehead atoms. The molecule has 180 valence electrons. The molecule has 6 nitrogen and oxygen atoms in total. The van der Waals surface area contributed by atoms with Crippen molar-refractivity contribution >= 4 is 46.1 Å². The van der Waals surface area contributed by atoms with E-state index in [0.29, 0.717) is 5.02 Å². The Morgan fingerprint density at radius 3 is 2.80 bits per heavy atom. The first-order chi connectivity index (χ1) is 17.0. The van der Waals surface area contributed by atoms with Gasteiger partial charge in [0.25, 0.3) is 5.91 Å². The molecule has 0 fully saturated rings. The Morgan fingerprint density at radius 2 is 2.00 bits per heavy atom. The van der Waals surface area contributed by atoms with Crippen LogP contribution in [-0.4, -0.2) is 32.5 Å². The molecular formula is C27H26Cl2N4O2. The maximum Gasteiger partial charge on any atom is 0.267 e. The molecule has 0 saturated heterocycles. The van der Waals surface area contributed by atoms with Gasteiger partial charge in [0.1, 0.15) is 0 Å². The number of aromatic amines is 2. The van der Waals surface area contributed by atoms with E-state index in [-0.39, 0.29) is 6.04 Å². The molecule has 2 aromatic carbocycles. The Hall–Kier alpha value is -3.03. The molecule has 2 heterocycles. The van der Waals surface area contributed by atoms with Gasteiger partial charge < -0.3 is 9.97 Å². The Labute approximate surface area is 213 Å². The van der Waals surface area contributed by atoms with E-state index in [2.05, 4.69) is 39.3 Å². The zero-order valence-corrected chi connectivity index (χ0v) is 20.5. The fourth-order valence-electron chi connectivity index (χ4n) is 5.00. The minimum atomic E-state index is -0.543. The number of hydrogen-bond acceptors (Lipinski definition) is 3. The number of nitrogens with one attached hydrogen (secondary N) is 3. The van der Waals surface area contributed by atoms with Crippen LogP contribution in [0.15, 0.2) is 60.9 Å². The fraction of sp³-hybridized carbons (Fsp3) is 0.222. The molecule has 1 unspecified atom stereocenters. The van der Waals surface area contributed by atoms with Gasteiger partial charge in [0.2, 0.25) is 0 Å². The van der Waals surface area contributed by atoms with Crippen LogP contribution in [0.4, 0.5) is 0 Å². The minimum Gasteiger partial charge on any atom is -0.363 e. The number of aryl methyl sites for hydroxylation is 1. The third-order valence-electron chi connectivity index (χ3n) is 6.67. The predicted octanol–water partition coefficient (Wildman–Crippen LogP) is 6.05. The number of rotatable bonds is 8. The van der Waals surface area contributed by atoms with E-state index in [0.717, 1.165) is 54.1 Å². The maximum atomic E-state index is 11.3. The Balaban J connectivity index is 1.38. The van der Waals surface area contributed by atoms with Gasteiger partial charge in [-0.2, -0.15) is 0 Å². The van der Waals surface area contributed by atoms with Crippen molar-refractivity contribution in [3.8, 4) is 0 Å². The van der Waals surface area contributed by atoms with E-state index in [1.807, 2.05) is 30.5 Å². The second-order valence-corrected chi connectivity index (χ2v) is 9.76. The van der Waals surface area contributed by atoms with E-state index in [1.54, 1.807) is 11.6 Å². The van der Waals surface area contributed by atoms with Gasteiger partial charge in [-0.25, -0.2) is 5.48 Å². The normalized spacial score (nSPS) is 15.4. The molecule has 1 aliphatic rings. The molecule has 8 heteroatoms. The quantitative estimate of drug-likeness (QED) is 0.133. The van der Waals surface area contributed by atoms with Crippen LogP contribution in [-0.2, 0) is 24.2 Å². The number of nitrogens with zero attached hydrogens (tertiary/aromatic N) is 1. The Bertz CT molecular complexity index is 1390. The summed E-state index contributed by atoms with van der Waals surface area (Å²) >= 11 is 12.3. The molecule has 35 heavy (non-hydrogen) atoms. The second-order valence-electron chi connectivity index (χ2n) is 8.89. The van der Waals surface area contributed by atoms with Crippen molar-refractivity contribution in [3.63, 3.8) is 0 Å². The number of carbonyl (C=O) groups is 1. The van der Waals surface area contributed by atoms with Crippen molar-refractivity contribution in [1.82, 2.24) is 20.3 Å². The fourth-order valence-corrected chi connectivity index (χ4v) is 5.36. The number of benzene rings is 2. The summed E-state index contributed by atoms with van der Waals surface area (Å²) in [6.45, 7) is 1.65. The summed E-state index contributed by atoms with van der Waals surface area (Å²) in [7, 11) is 0. The summed E-state index contributed by atoms with van der Waals surface area (Å²) in [4.78, 5) is 20.5. The third kappa shape index (κ3) is 5.31. The monoisotopic (exact) mass is 508 g/mol. The van der Waals surface area contributed by atoms with Crippen LogP contribution in [0.25, 0.3) is 17.0 Å². The van der Waals surface area contributed by atoms with Crippen molar-refractivity contribution in [2.75, 3.05) is 6.54 Å². The molecule has 4 N–H and O–H groups in total. The first-order valence-corrected chi connectivity index (χ1v) is 12.3. The SMILES string of the molecule is O=C(C=Cc1ccc2c(c1)CCC2N(CCc1c[nH]c2cc(Cl)ccc12)Cc1cc(Cl)c[nH]1)NO. The Morgan fingerprint density at radius 1 is 1.11 bits per heavy atom. The molecule has 0 radical (unpaired) electrons. The van der Waals surface area contributed by atoms with E-state index in [9.17, 15) is 4.79 Å². The number of halogens is 2. The van der Waals surface area contributed by atoms with Crippen molar-refractivity contribution in [2.24, 2.45) is 0 Å². The van der Waals surface area contributed by atoms with Crippen LogP contribution >= 0.6 is 23.2 Å². The van der Waals surface area contributed by atoms with E-state index >= 15 is 0 Å². The van der Waals surface area contributed by atoms with Crippen LogP contribution in [0.5, 0.6) is 0 Å². The van der Waals surface area contributed by atoms with Crippen molar-refractivity contribution in [2.45, 2.75) is 31.8 Å². The lowest BCUT2D eigenvalue weighted by Gasteiger charge is -2.29. The van der Waals surface area contributed by atoms with Crippen molar-refractivity contribution in [1.29, 1.82) is 0 Å². The smallest absolute Gasteiger partial charge is 0.267 e. The molecule has 1 atom stereocenters. The predicted molar refractivity (Wildman–Crippen MR) is 140 cm³/mol. The van der Waals surface area contributed by atoms with E-state index in [4.69, 9.17) is 28.4 Å². The van der Waals surface area contributed by atoms with Crippen LogP contribution in [0.1, 0.15) is 40.4 Å². The number of carbonyl (C=O) groups excluding carboxylic acids is 1. The van der Waals surface area contributed by atoms with E-state index in [1.165, 1.54) is 28.2 Å². The first kappa shape index (κ1) is 23.7. The molecule has 4 aromatic rings. The molecule has 0 aliphatic heterocycles. The highest BCUT2D eigenvalue weighted by molar-refractivity contribution is 6.31. The highest BCUT2D eigenvalue weighted by atomic mass is 35.5. The maximum absolute atomic E-state index is 11.3. The number of H-pyrrole nitrogens is 2. The van der Waals surface area contributed by atoms with Gasteiger partial charge in [-0.3, -0.25) is 14.9 Å². The average Bonchev–Trinajstić information content (AvgIpc) is 3.58. The number of hydrogen-bond donors (Lipinski definition) is 4. The van der Waals surface area contributed by atoms with Gasteiger partial charge in [0.15, 0.2) is 0 Å². The minimum absolute atomic E-state index is 0.283.